The highest BCUT2D eigenvalue weighted by molar-refractivity contribution is 6.30. The molecule has 0 radical (unpaired) electrons. The van der Waals surface area contributed by atoms with Gasteiger partial charge in [0, 0.05) is 68.1 Å². The lowest BCUT2D eigenvalue weighted by molar-refractivity contribution is -0.138. The van der Waals surface area contributed by atoms with E-state index in [0.717, 1.165) is 55.8 Å². The maximum absolute atomic E-state index is 14.0. The molecule has 0 spiro atoms. The monoisotopic (exact) mass is 604 g/mol. The average Bonchev–Trinajstić information content (AvgIpc) is 3.35. The molecule has 2 aliphatic heterocycles. The first-order chi connectivity index (χ1) is 19.6. The van der Waals surface area contributed by atoms with Gasteiger partial charge in [-0.25, -0.2) is 0 Å². The van der Waals surface area contributed by atoms with Gasteiger partial charge >= 0.3 is 6.18 Å². The van der Waals surface area contributed by atoms with Gasteiger partial charge in [-0.05, 0) is 85.6 Å². The van der Waals surface area contributed by atoms with E-state index >= 15 is 0 Å². The second-order valence-electron chi connectivity index (χ2n) is 11.3. The normalized spacial score (nSPS) is 19.3. The van der Waals surface area contributed by atoms with Crippen molar-refractivity contribution in [2.75, 3.05) is 58.3 Å². The number of rotatable bonds is 8. The maximum atomic E-state index is 14.0. The first-order valence-corrected chi connectivity index (χ1v) is 14.9. The maximum Gasteiger partial charge on any atom is 0.416 e. The van der Waals surface area contributed by atoms with E-state index in [1.807, 2.05) is 55.6 Å². The molecule has 2 saturated heterocycles. The van der Waals surface area contributed by atoms with Gasteiger partial charge in [0.05, 0.1) is 11.6 Å². The van der Waals surface area contributed by atoms with Crippen LogP contribution >= 0.6 is 23.2 Å². The fraction of sp³-hybridized carbons (Fsp3) is 0.438. The summed E-state index contributed by atoms with van der Waals surface area (Å²) >= 11 is 12.3. The molecule has 0 amide bonds. The Kier molecular flexibility index (Phi) is 9.51. The van der Waals surface area contributed by atoms with Crippen molar-refractivity contribution in [3.05, 3.63) is 99.0 Å². The molecule has 0 aliphatic carbocycles. The van der Waals surface area contributed by atoms with Crippen molar-refractivity contribution in [3.63, 3.8) is 0 Å². The SMILES string of the molecule is CN(CC1CCCN1C)c1ccc(C(F)(F)F)c(CN2CCN(C(c3ccc(Cl)cc3)c3ccc(Cl)cc3)CC2)c1. The number of hydrogen-bond donors (Lipinski definition) is 0. The van der Waals surface area contributed by atoms with Crippen LogP contribution in [0.2, 0.25) is 10.0 Å². The van der Waals surface area contributed by atoms with Crippen LogP contribution in [-0.2, 0) is 12.7 Å². The number of nitrogens with zero attached hydrogens (tertiary/aromatic N) is 4. The minimum atomic E-state index is -4.39. The first kappa shape index (κ1) is 30.2. The smallest absolute Gasteiger partial charge is 0.373 e. The third-order valence-corrected chi connectivity index (χ3v) is 9.03. The molecule has 2 fully saturated rings. The lowest BCUT2D eigenvalue weighted by atomic mass is 9.96. The van der Waals surface area contributed by atoms with Gasteiger partial charge in [-0.15, -0.1) is 0 Å². The Labute approximate surface area is 251 Å². The Balaban J connectivity index is 1.31. The number of piperazine rings is 1. The van der Waals surface area contributed by atoms with Crippen molar-refractivity contribution in [1.82, 2.24) is 14.7 Å². The number of alkyl halides is 3. The highest BCUT2D eigenvalue weighted by Gasteiger charge is 2.35. The van der Waals surface area contributed by atoms with Crippen molar-refractivity contribution >= 4 is 28.9 Å². The summed E-state index contributed by atoms with van der Waals surface area (Å²) in [5.74, 6) is 0. The average molecular weight is 606 g/mol. The van der Waals surface area contributed by atoms with Crippen LogP contribution in [0.3, 0.4) is 0 Å². The Morgan fingerprint density at radius 3 is 1.95 bits per heavy atom. The van der Waals surface area contributed by atoms with Crippen LogP contribution in [0.15, 0.2) is 66.7 Å². The number of likely N-dealkylation sites (tertiary alicyclic amines) is 1. The quantitative estimate of drug-likeness (QED) is 0.265. The number of benzene rings is 3. The minimum absolute atomic E-state index is 0.00288. The second kappa shape index (κ2) is 12.9. The molecule has 41 heavy (non-hydrogen) atoms. The zero-order chi connectivity index (χ0) is 29.1. The van der Waals surface area contributed by atoms with Gasteiger partial charge in [0.1, 0.15) is 0 Å². The van der Waals surface area contributed by atoms with Crippen LogP contribution in [0.1, 0.15) is 41.1 Å². The minimum Gasteiger partial charge on any atom is -0.373 e. The third-order valence-electron chi connectivity index (χ3n) is 8.53. The number of likely N-dealkylation sites (N-methyl/N-ethyl adjacent to an activating group) is 2. The Hall–Kier alpha value is -2.29. The summed E-state index contributed by atoms with van der Waals surface area (Å²) < 4.78 is 42.1. The zero-order valence-electron chi connectivity index (χ0n) is 23.5. The number of anilines is 1. The van der Waals surface area contributed by atoms with Crippen LogP contribution in [-0.4, -0.2) is 74.1 Å². The Morgan fingerprint density at radius 2 is 1.44 bits per heavy atom. The van der Waals surface area contributed by atoms with Gasteiger partial charge in [0.25, 0.3) is 0 Å². The summed E-state index contributed by atoms with van der Waals surface area (Å²) in [5, 5.41) is 1.36. The summed E-state index contributed by atoms with van der Waals surface area (Å²) in [6.07, 6.45) is -2.12. The van der Waals surface area contributed by atoms with E-state index < -0.39 is 11.7 Å². The van der Waals surface area contributed by atoms with Gasteiger partial charge in [-0.1, -0.05) is 47.5 Å². The standard InChI is InChI=1S/C32H37Cl2F3N4/c1-38-15-3-4-29(38)22-39(2)28-13-14-30(32(35,36)37)25(20-28)21-40-16-18-41(19-17-40)31(23-5-9-26(33)10-6-23)24-7-11-27(34)12-8-24/h5-14,20,29,31H,3-4,15-19,21-22H2,1-2H3. The highest BCUT2D eigenvalue weighted by Crippen LogP contribution is 2.36. The van der Waals surface area contributed by atoms with E-state index in [1.54, 1.807) is 12.1 Å². The van der Waals surface area contributed by atoms with Gasteiger partial charge in [0.15, 0.2) is 0 Å². The van der Waals surface area contributed by atoms with Crippen molar-refractivity contribution in [2.45, 2.75) is 37.6 Å². The van der Waals surface area contributed by atoms with Crippen molar-refractivity contribution in [1.29, 1.82) is 0 Å². The molecule has 0 bridgehead atoms. The molecule has 3 aromatic carbocycles. The molecule has 0 N–H and O–H groups in total. The molecule has 0 aromatic heterocycles. The fourth-order valence-corrected chi connectivity index (χ4v) is 6.43. The third kappa shape index (κ3) is 7.38. The summed E-state index contributed by atoms with van der Waals surface area (Å²) in [4.78, 5) is 8.95. The Bertz CT molecular complexity index is 1250. The van der Waals surface area contributed by atoms with Crippen LogP contribution in [0, 0.1) is 0 Å². The Morgan fingerprint density at radius 1 is 0.854 bits per heavy atom. The van der Waals surface area contributed by atoms with Gasteiger partial charge < -0.3 is 9.80 Å². The van der Waals surface area contributed by atoms with Gasteiger partial charge in [0.2, 0.25) is 0 Å². The van der Waals surface area contributed by atoms with E-state index in [2.05, 4.69) is 26.6 Å². The van der Waals surface area contributed by atoms with Gasteiger partial charge in [-0.2, -0.15) is 13.2 Å². The molecule has 2 heterocycles. The predicted molar refractivity (Wildman–Crippen MR) is 162 cm³/mol. The van der Waals surface area contributed by atoms with Gasteiger partial charge in [-0.3, -0.25) is 9.80 Å². The van der Waals surface area contributed by atoms with Crippen molar-refractivity contribution in [2.24, 2.45) is 0 Å². The molecule has 1 unspecified atom stereocenters. The first-order valence-electron chi connectivity index (χ1n) is 14.2. The van der Waals surface area contributed by atoms with E-state index in [-0.39, 0.29) is 12.6 Å². The number of hydrogen-bond acceptors (Lipinski definition) is 4. The molecule has 0 saturated carbocycles. The summed E-state index contributed by atoms with van der Waals surface area (Å²) in [5.41, 5.74) is 2.86. The van der Waals surface area contributed by atoms with E-state index in [0.29, 0.717) is 34.7 Å². The molecule has 4 nitrogen and oxygen atoms in total. The topological polar surface area (TPSA) is 13.0 Å². The summed E-state index contributed by atoms with van der Waals surface area (Å²) in [7, 11) is 4.10. The fourth-order valence-electron chi connectivity index (χ4n) is 6.18. The highest BCUT2D eigenvalue weighted by atomic mass is 35.5. The second-order valence-corrected chi connectivity index (χ2v) is 12.2. The van der Waals surface area contributed by atoms with E-state index in [1.165, 1.54) is 6.07 Å². The summed E-state index contributed by atoms with van der Waals surface area (Å²) in [6, 6.07) is 20.8. The summed E-state index contributed by atoms with van der Waals surface area (Å²) in [6.45, 7) is 4.93. The van der Waals surface area contributed by atoms with Crippen LogP contribution < -0.4 is 4.90 Å². The molecule has 1 atom stereocenters. The molecule has 220 valence electrons. The number of halogens is 5. The lowest BCUT2D eigenvalue weighted by Gasteiger charge is -2.40. The van der Waals surface area contributed by atoms with Crippen LogP contribution in [0.25, 0.3) is 0 Å². The van der Waals surface area contributed by atoms with Crippen molar-refractivity contribution in [3.8, 4) is 0 Å². The lowest BCUT2D eigenvalue weighted by Crippen LogP contribution is -2.47. The molecule has 2 aliphatic rings. The largest absolute Gasteiger partial charge is 0.416 e. The van der Waals surface area contributed by atoms with Crippen molar-refractivity contribution < 1.29 is 13.2 Å². The predicted octanol–water partition coefficient (Wildman–Crippen LogP) is 7.45. The molecular weight excluding hydrogens is 568 g/mol. The molecular formula is C32H37Cl2F3N4. The van der Waals surface area contributed by atoms with Crippen LogP contribution in [0.4, 0.5) is 18.9 Å². The molecule has 5 rings (SSSR count). The zero-order valence-corrected chi connectivity index (χ0v) is 25.1. The molecule has 9 heteroatoms. The van der Waals surface area contributed by atoms with E-state index in [4.69, 9.17) is 23.2 Å². The molecule has 3 aromatic rings. The van der Waals surface area contributed by atoms with Crippen LogP contribution in [0.5, 0.6) is 0 Å². The van der Waals surface area contributed by atoms with E-state index in [9.17, 15) is 13.2 Å².